The lowest BCUT2D eigenvalue weighted by molar-refractivity contribution is 0.540. The van der Waals surface area contributed by atoms with Gasteiger partial charge >= 0.3 is 0 Å². The van der Waals surface area contributed by atoms with Gasteiger partial charge in [0, 0.05) is 17.4 Å². The van der Waals surface area contributed by atoms with E-state index in [-0.39, 0.29) is 0 Å². The minimum absolute atomic E-state index is 0.348. The monoisotopic (exact) mass is 199 g/mol. The third-order valence-electron chi connectivity index (χ3n) is 1.86. The summed E-state index contributed by atoms with van der Waals surface area (Å²) in [5, 5.41) is 4.25. The first-order valence-electron chi connectivity index (χ1n) is 4.56. The molecule has 0 saturated heterocycles. The van der Waals surface area contributed by atoms with Crippen LogP contribution in [0.5, 0.6) is 0 Å². The Kier molecular flexibility index (Phi) is 3.66. The fraction of sp³-hybridized carbons (Fsp3) is 0.667. The summed E-state index contributed by atoms with van der Waals surface area (Å²) < 4.78 is 1.87. The smallest absolute Gasteiger partial charge is 0.126 e. The molecule has 74 valence electrons. The van der Waals surface area contributed by atoms with Crippen LogP contribution in [0.4, 0.5) is 5.82 Å². The highest BCUT2D eigenvalue weighted by Gasteiger charge is 2.08. The zero-order valence-corrected chi connectivity index (χ0v) is 9.27. The molecule has 0 aliphatic carbocycles. The predicted octanol–water partition coefficient (Wildman–Crippen LogP) is 2.30. The first kappa shape index (κ1) is 10.4. The highest BCUT2D eigenvalue weighted by Crippen LogP contribution is 2.20. The fourth-order valence-corrected chi connectivity index (χ4v) is 1.79. The van der Waals surface area contributed by atoms with Crippen molar-refractivity contribution in [2.24, 2.45) is 0 Å². The molecule has 3 nitrogen and oxygen atoms in total. The number of nitrogens with zero attached hydrogens (tertiary/aromatic N) is 2. The van der Waals surface area contributed by atoms with E-state index in [2.05, 4.69) is 25.9 Å². The van der Waals surface area contributed by atoms with Crippen LogP contribution in [0.25, 0.3) is 0 Å². The number of nitrogen functional groups attached to an aromatic ring is 1. The first-order valence-corrected chi connectivity index (χ1v) is 5.71. The second kappa shape index (κ2) is 4.56. The lowest BCUT2D eigenvalue weighted by Crippen LogP contribution is -2.07. The summed E-state index contributed by atoms with van der Waals surface area (Å²) in [5.41, 5.74) is 7.09. The number of anilines is 1. The van der Waals surface area contributed by atoms with Gasteiger partial charge in [-0.2, -0.15) is 16.9 Å². The predicted molar refractivity (Wildman–Crippen MR) is 58.9 cm³/mol. The second-order valence-corrected chi connectivity index (χ2v) is 4.50. The standard InChI is InChI=1S/C9H17N3S/c1-4-13-6-8-5-11-12(7(2)3)9(8)10/h5,7H,4,6,10H2,1-3H3. The Morgan fingerprint density at radius 1 is 1.62 bits per heavy atom. The van der Waals surface area contributed by atoms with Gasteiger partial charge in [-0.05, 0) is 19.6 Å². The van der Waals surface area contributed by atoms with Gasteiger partial charge in [-0.15, -0.1) is 0 Å². The van der Waals surface area contributed by atoms with Crippen LogP contribution in [0, 0.1) is 0 Å². The molecule has 1 aromatic heterocycles. The third-order valence-corrected chi connectivity index (χ3v) is 2.79. The molecular weight excluding hydrogens is 182 g/mol. The summed E-state index contributed by atoms with van der Waals surface area (Å²) in [6.45, 7) is 6.31. The van der Waals surface area contributed by atoms with Gasteiger partial charge < -0.3 is 5.73 Å². The highest BCUT2D eigenvalue weighted by atomic mass is 32.2. The van der Waals surface area contributed by atoms with E-state index in [1.165, 1.54) is 0 Å². The van der Waals surface area contributed by atoms with E-state index in [0.29, 0.717) is 6.04 Å². The van der Waals surface area contributed by atoms with Crippen molar-refractivity contribution in [3.8, 4) is 0 Å². The molecular formula is C9H17N3S. The van der Waals surface area contributed by atoms with Crippen LogP contribution in [0.3, 0.4) is 0 Å². The molecule has 1 heterocycles. The Balaban J connectivity index is 2.74. The van der Waals surface area contributed by atoms with Crippen LogP contribution in [0.1, 0.15) is 32.4 Å². The SMILES string of the molecule is CCSCc1cnn(C(C)C)c1N. The molecule has 0 fully saturated rings. The Morgan fingerprint density at radius 2 is 2.31 bits per heavy atom. The van der Waals surface area contributed by atoms with Crippen LogP contribution in [0.15, 0.2) is 6.20 Å². The highest BCUT2D eigenvalue weighted by molar-refractivity contribution is 7.98. The number of nitrogens with two attached hydrogens (primary N) is 1. The normalized spacial score (nSPS) is 11.1. The van der Waals surface area contributed by atoms with Gasteiger partial charge in [-0.25, -0.2) is 4.68 Å². The molecule has 0 atom stereocenters. The number of rotatable bonds is 4. The van der Waals surface area contributed by atoms with Gasteiger partial charge in [0.05, 0.1) is 6.20 Å². The summed E-state index contributed by atoms with van der Waals surface area (Å²) in [6.07, 6.45) is 1.87. The van der Waals surface area contributed by atoms with Crippen molar-refractivity contribution < 1.29 is 0 Å². The van der Waals surface area contributed by atoms with Gasteiger partial charge in [0.2, 0.25) is 0 Å². The number of hydrogen-bond donors (Lipinski definition) is 1. The summed E-state index contributed by atoms with van der Waals surface area (Å²) in [6, 6.07) is 0.348. The van der Waals surface area contributed by atoms with Crippen LogP contribution >= 0.6 is 11.8 Å². The molecule has 2 N–H and O–H groups in total. The Hall–Kier alpha value is -0.640. The largest absolute Gasteiger partial charge is 0.384 e. The molecule has 13 heavy (non-hydrogen) atoms. The van der Waals surface area contributed by atoms with Crippen LogP contribution < -0.4 is 5.73 Å². The molecule has 4 heteroatoms. The molecule has 0 amide bonds. The van der Waals surface area contributed by atoms with E-state index in [4.69, 9.17) is 5.73 Å². The van der Waals surface area contributed by atoms with Crippen molar-refractivity contribution in [3.05, 3.63) is 11.8 Å². The van der Waals surface area contributed by atoms with E-state index in [9.17, 15) is 0 Å². The van der Waals surface area contributed by atoms with Gasteiger partial charge in [0.15, 0.2) is 0 Å². The lowest BCUT2D eigenvalue weighted by Gasteiger charge is -2.07. The van der Waals surface area contributed by atoms with E-state index in [1.807, 2.05) is 22.6 Å². The second-order valence-electron chi connectivity index (χ2n) is 3.23. The Bertz CT molecular complexity index is 268. The Labute approximate surface area is 83.7 Å². The van der Waals surface area contributed by atoms with Gasteiger partial charge in [-0.1, -0.05) is 6.92 Å². The summed E-state index contributed by atoms with van der Waals surface area (Å²) in [7, 11) is 0. The first-order chi connectivity index (χ1) is 6.16. The van der Waals surface area contributed by atoms with E-state index >= 15 is 0 Å². The van der Waals surface area contributed by atoms with E-state index < -0.39 is 0 Å². The average Bonchev–Trinajstić information content (AvgIpc) is 2.43. The summed E-state index contributed by atoms with van der Waals surface area (Å²) in [5.74, 6) is 2.90. The zero-order valence-electron chi connectivity index (χ0n) is 8.45. The van der Waals surface area contributed by atoms with Gasteiger partial charge in [0.1, 0.15) is 5.82 Å². The molecule has 0 saturated carbocycles. The van der Waals surface area contributed by atoms with Gasteiger partial charge in [-0.3, -0.25) is 0 Å². The quantitative estimate of drug-likeness (QED) is 0.809. The minimum Gasteiger partial charge on any atom is -0.384 e. The molecule has 0 aliphatic heterocycles. The maximum atomic E-state index is 5.93. The maximum absolute atomic E-state index is 5.93. The molecule has 0 unspecified atom stereocenters. The third kappa shape index (κ3) is 2.40. The lowest BCUT2D eigenvalue weighted by atomic mass is 10.3. The van der Waals surface area contributed by atoms with Crippen molar-refractivity contribution in [1.82, 2.24) is 9.78 Å². The van der Waals surface area contributed by atoms with Crippen molar-refractivity contribution in [1.29, 1.82) is 0 Å². The van der Waals surface area contributed by atoms with Gasteiger partial charge in [0.25, 0.3) is 0 Å². The molecule has 0 radical (unpaired) electrons. The van der Waals surface area contributed by atoms with E-state index in [1.54, 1.807) is 0 Å². The molecule has 0 aliphatic rings. The molecule has 1 aromatic rings. The minimum atomic E-state index is 0.348. The van der Waals surface area contributed by atoms with Crippen LogP contribution in [-0.2, 0) is 5.75 Å². The molecule has 0 aromatic carbocycles. The average molecular weight is 199 g/mol. The van der Waals surface area contributed by atoms with Crippen LogP contribution in [0.2, 0.25) is 0 Å². The topological polar surface area (TPSA) is 43.8 Å². The van der Waals surface area contributed by atoms with Crippen molar-refractivity contribution in [2.75, 3.05) is 11.5 Å². The summed E-state index contributed by atoms with van der Waals surface area (Å²) in [4.78, 5) is 0. The molecule has 1 rings (SSSR count). The van der Waals surface area contributed by atoms with Crippen molar-refractivity contribution >= 4 is 17.6 Å². The zero-order chi connectivity index (χ0) is 9.84. The van der Waals surface area contributed by atoms with Crippen molar-refractivity contribution in [3.63, 3.8) is 0 Å². The molecule has 0 spiro atoms. The Morgan fingerprint density at radius 3 is 2.77 bits per heavy atom. The fourth-order valence-electron chi connectivity index (χ4n) is 1.14. The number of aromatic nitrogens is 2. The van der Waals surface area contributed by atoms with Crippen LogP contribution in [-0.4, -0.2) is 15.5 Å². The van der Waals surface area contributed by atoms with E-state index in [0.717, 1.165) is 22.9 Å². The molecule has 0 bridgehead atoms. The maximum Gasteiger partial charge on any atom is 0.126 e. The number of hydrogen-bond acceptors (Lipinski definition) is 3. The summed E-state index contributed by atoms with van der Waals surface area (Å²) >= 11 is 1.87. The van der Waals surface area contributed by atoms with Crippen molar-refractivity contribution in [2.45, 2.75) is 32.6 Å². The number of thioether (sulfide) groups is 1.